The summed E-state index contributed by atoms with van der Waals surface area (Å²) in [5.74, 6) is 2.02. The molecule has 0 aliphatic carbocycles. The quantitative estimate of drug-likeness (QED) is 0.0935. The summed E-state index contributed by atoms with van der Waals surface area (Å²) in [6, 6.07) is 26.2. The Bertz CT molecular complexity index is 1460. The van der Waals surface area contributed by atoms with E-state index in [2.05, 4.69) is 110 Å². The molecule has 0 saturated heterocycles. The predicted octanol–water partition coefficient (Wildman–Crippen LogP) is 3.19. The van der Waals surface area contributed by atoms with Crippen molar-refractivity contribution in [2.24, 2.45) is 0 Å². The summed E-state index contributed by atoms with van der Waals surface area (Å²) in [6.45, 7) is -0.0694. The second kappa shape index (κ2) is 41.5. The molecule has 0 aromatic heterocycles. The van der Waals surface area contributed by atoms with Gasteiger partial charge in [-0.05, 0) is 155 Å². The maximum absolute atomic E-state index is 9.77. The number of carboxylic acid groups (broad SMARTS) is 1. The predicted molar refractivity (Wildman–Crippen MR) is 225 cm³/mol. The van der Waals surface area contributed by atoms with E-state index in [0.717, 1.165) is 9.32 Å². The first-order valence-corrected chi connectivity index (χ1v) is 19.7. The van der Waals surface area contributed by atoms with E-state index in [0.29, 0.717) is 27.3 Å². The van der Waals surface area contributed by atoms with E-state index >= 15 is 0 Å². The average molecular weight is 1510 g/mol. The molecule has 0 bridgehead atoms. The Morgan fingerprint density at radius 2 is 1.16 bits per heavy atom. The Kier molecular flexibility index (Phi) is 51.7. The van der Waals surface area contributed by atoms with Gasteiger partial charge < -0.3 is 36.0 Å². The van der Waals surface area contributed by atoms with Crippen LogP contribution in [0.15, 0.2) is 84.9 Å². The number of phenolic OH excluding ortho intramolecular Hbond substituents is 1. The van der Waals surface area contributed by atoms with Crippen LogP contribution in [0.4, 0.5) is 0 Å². The van der Waals surface area contributed by atoms with Crippen molar-refractivity contribution in [3.05, 3.63) is 106 Å². The van der Waals surface area contributed by atoms with Gasteiger partial charge in [0.1, 0.15) is 28.7 Å². The number of carboxylic acids is 1. The number of hydrogen-bond acceptors (Lipinski definition) is 9. The number of likely N-dealkylation sites (N-methyl/N-ethyl adjacent to an activating group) is 1. The molecule has 0 amide bonds. The van der Waals surface area contributed by atoms with Crippen molar-refractivity contribution in [3.63, 3.8) is 0 Å². The number of methoxy groups -OCH3 is 2. The molecule has 4 aromatic carbocycles. The van der Waals surface area contributed by atoms with Gasteiger partial charge in [-0.15, -0.1) is 12.4 Å². The summed E-state index contributed by atoms with van der Waals surface area (Å²) >= 11 is 24.3. The molecule has 4 aromatic rings. The van der Waals surface area contributed by atoms with Crippen LogP contribution in [0.5, 0.6) is 28.7 Å². The molecule has 51 heavy (non-hydrogen) atoms. The fraction of sp³-hybridized carbons (Fsp3) is 0.161. The van der Waals surface area contributed by atoms with Crippen molar-refractivity contribution < 1.29 is 196 Å². The van der Waals surface area contributed by atoms with Crippen molar-refractivity contribution in [1.29, 1.82) is 0 Å². The molecule has 20 heteroatoms. The number of carbonyl (C=O) groups is 2. The van der Waals surface area contributed by atoms with Crippen LogP contribution >= 0.6 is 124 Å². The summed E-state index contributed by atoms with van der Waals surface area (Å²) < 4.78 is 19.4. The van der Waals surface area contributed by atoms with Crippen molar-refractivity contribution in [3.8, 4) is 28.7 Å². The number of ether oxygens (including phenoxy) is 3. The van der Waals surface area contributed by atoms with Crippen molar-refractivity contribution in [1.82, 2.24) is 4.90 Å². The van der Waals surface area contributed by atoms with Gasteiger partial charge in [-0.1, -0.05) is 23.2 Å². The third-order valence-electron chi connectivity index (χ3n) is 4.63. The normalized spacial score (nSPS) is 8.51. The smallest absolute Gasteiger partial charge is 1.00 e. The SMILES string of the molecule is CN(C)CC(=O)O.COc1ccc(O)c(Cl)c1.COc1ccc(Oc2ccc(I)cc2)c(Cl)c1.Cl.Ic1ccc(I)cc1.O=CO[O-].[Cs+].[Cs+].[Cu][I].[H-]. The van der Waals surface area contributed by atoms with Gasteiger partial charge in [0.25, 0.3) is 6.47 Å². The zero-order chi connectivity index (χ0) is 37.1. The molecule has 0 fully saturated rings. The van der Waals surface area contributed by atoms with Crippen LogP contribution in [0.25, 0.3) is 0 Å². The molecule has 0 unspecified atom stereocenters. The Labute approximate surface area is 494 Å². The van der Waals surface area contributed by atoms with Crippen LogP contribution < -0.4 is 157 Å². The minimum Gasteiger partial charge on any atom is -1.00 e. The third-order valence-corrected chi connectivity index (χ3v) is 7.39. The fourth-order valence-corrected chi connectivity index (χ4v) is 4.09. The van der Waals surface area contributed by atoms with E-state index in [9.17, 15) is 4.79 Å². The number of halogens is 7. The number of hydrogen-bond donors (Lipinski definition) is 2. The topological polar surface area (TPSA) is 138 Å². The van der Waals surface area contributed by atoms with Gasteiger partial charge in [-0.2, -0.15) is 0 Å². The van der Waals surface area contributed by atoms with Crippen molar-refractivity contribution in [2.45, 2.75) is 0 Å². The zero-order valence-corrected chi connectivity index (χ0v) is 52.5. The van der Waals surface area contributed by atoms with Crippen LogP contribution in [0.3, 0.4) is 0 Å². The maximum Gasteiger partial charge on any atom is -1.00 e. The minimum absolute atomic E-state index is 0. The second-order valence-electron chi connectivity index (χ2n) is 8.43. The summed E-state index contributed by atoms with van der Waals surface area (Å²) in [7, 11) is 6.58. The molecule has 278 valence electrons. The van der Waals surface area contributed by atoms with Crippen LogP contribution in [-0.2, 0) is 27.2 Å². The second-order valence-corrected chi connectivity index (χ2v) is 13.0. The number of nitrogens with zero attached hydrogens (tertiary/aromatic N) is 1. The minimum atomic E-state index is -0.787. The average Bonchev–Trinajstić information content (AvgIpc) is 3.07. The zero-order valence-electron chi connectivity index (χ0n) is 29.0. The Morgan fingerprint density at radius 3 is 1.45 bits per heavy atom. The van der Waals surface area contributed by atoms with Crippen LogP contribution in [0.1, 0.15) is 1.43 Å². The molecule has 0 radical (unpaired) electrons. The number of benzene rings is 4. The molecular formula is C31H33Cl3Cs2CuI4NO9. The molecule has 0 saturated carbocycles. The number of rotatable bonds is 7. The first-order chi connectivity index (χ1) is 22.8. The van der Waals surface area contributed by atoms with E-state index in [4.69, 9.17) is 57.7 Å². The summed E-state index contributed by atoms with van der Waals surface area (Å²) in [6.07, 6.45) is 0. The maximum atomic E-state index is 9.77. The van der Waals surface area contributed by atoms with Gasteiger partial charge in [0.2, 0.25) is 0 Å². The van der Waals surface area contributed by atoms with E-state index in [1.165, 1.54) is 13.2 Å². The molecule has 0 aliphatic rings. The molecular weight excluding hydrogens is 1470 g/mol. The number of phenols is 1. The molecule has 4 rings (SSSR count). The fourth-order valence-electron chi connectivity index (χ4n) is 2.64. The largest absolute Gasteiger partial charge is 1.00 e. The van der Waals surface area contributed by atoms with Crippen molar-refractivity contribution in [2.75, 3.05) is 34.9 Å². The van der Waals surface area contributed by atoms with Gasteiger partial charge in [-0.25, -0.2) is 0 Å². The summed E-state index contributed by atoms with van der Waals surface area (Å²) in [5.41, 5.74) is 0. The van der Waals surface area contributed by atoms with Crippen LogP contribution in [0.2, 0.25) is 10.0 Å². The molecule has 0 spiro atoms. The van der Waals surface area contributed by atoms with Crippen molar-refractivity contribution >= 4 is 136 Å². The first-order valence-electron chi connectivity index (χ1n) is 12.7. The van der Waals surface area contributed by atoms with E-state index in [-0.39, 0.29) is 170 Å². The van der Waals surface area contributed by atoms with Gasteiger partial charge in [-0.3, -0.25) is 14.5 Å². The van der Waals surface area contributed by atoms with E-state index < -0.39 is 5.97 Å². The number of carbonyl (C=O) groups excluding carboxylic acids is 1. The Balaban J connectivity index is -0.000000132. The third kappa shape index (κ3) is 36.2. The number of aliphatic carboxylic acids is 1. The standard InChI is InChI=1S/C13H10ClIO2.C7H7ClO2.C6H4I2.C4H9NO2.CH2O3.ClH.2Cs.Cu.HI.H/c1-16-11-6-7-13(12(14)8-11)17-10-4-2-9(15)3-5-10;1-10-5-2-3-7(9)6(8)4-5;7-5-1-2-6(8)4-3-5;1-5(2)3-4(6)7;2-1-4-3;;;;;;/h2-8H,1H3;2-4,9H,1H3;1-4H;3H2,1-2H3,(H,6,7);1,3H;1H;;;;1H;/q;;;;;;3*+1;;-1/p-2. The molecule has 10 nitrogen and oxygen atoms in total. The molecule has 2 N–H and O–H groups in total. The summed E-state index contributed by atoms with van der Waals surface area (Å²) in [5, 5.41) is 26.3. The van der Waals surface area contributed by atoms with E-state index in [1.807, 2.05) is 30.3 Å². The molecule has 0 heterocycles. The van der Waals surface area contributed by atoms with Gasteiger partial charge in [0, 0.05) is 22.8 Å². The molecule has 0 atom stereocenters. The number of aromatic hydroxyl groups is 1. The van der Waals surface area contributed by atoms with Crippen LogP contribution in [-0.4, -0.2) is 62.4 Å². The van der Waals surface area contributed by atoms with Gasteiger partial charge in [0.15, 0.2) is 0 Å². The van der Waals surface area contributed by atoms with E-state index in [1.54, 1.807) is 77.8 Å². The summed E-state index contributed by atoms with van der Waals surface area (Å²) in [4.78, 5) is 22.6. The van der Waals surface area contributed by atoms with Gasteiger partial charge in [0.05, 0.1) is 30.8 Å². The van der Waals surface area contributed by atoms with Crippen LogP contribution in [0, 0.1) is 10.7 Å². The monoisotopic (exact) mass is 1500 g/mol. The Hall–Kier alpha value is 3.35. The van der Waals surface area contributed by atoms with Gasteiger partial charge >= 0.3 is 177 Å². The Morgan fingerprint density at radius 1 is 0.804 bits per heavy atom. The first kappa shape index (κ1) is 63.5. The molecule has 0 aliphatic heterocycles.